The van der Waals surface area contributed by atoms with E-state index >= 15 is 0 Å². The molecule has 1 fully saturated rings. The number of halogens is 1. The number of nitrogens with zero attached hydrogens (tertiary/aromatic N) is 2. The Morgan fingerprint density at radius 3 is 2.54 bits per heavy atom. The Morgan fingerprint density at radius 2 is 1.96 bits per heavy atom. The molecule has 0 aromatic heterocycles. The third-order valence-corrected chi connectivity index (χ3v) is 4.10. The van der Waals surface area contributed by atoms with E-state index in [2.05, 4.69) is 6.58 Å². The molecule has 2 rings (SSSR count). The standard InChI is InChI=1S/C18H23ClN2O3/c1-5-16(22)21-11-10-20(17(23)24-18(2,3)4)12-15(21)13-8-6-7-9-14(13)19/h5-9,15H,1,10-12H2,2-4H3. The van der Waals surface area contributed by atoms with Gasteiger partial charge in [-0.1, -0.05) is 36.4 Å². The van der Waals surface area contributed by atoms with E-state index in [1.165, 1.54) is 6.08 Å². The molecule has 0 radical (unpaired) electrons. The van der Waals surface area contributed by atoms with Gasteiger partial charge in [0.2, 0.25) is 5.91 Å². The first-order valence-corrected chi connectivity index (χ1v) is 8.26. The molecule has 5 nitrogen and oxygen atoms in total. The summed E-state index contributed by atoms with van der Waals surface area (Å²) >= 11 is 6.31. The smallest absolute Gasteiger partial charge is 0.410 e. The second-order valence-electron chi connectivity index (χ2n) is 6.70. The monoisotopic (exact) mass is 350 g/mol. The molecule has 1 aliphatic heterocycles. The van der Waals surface area contributed by atoms with Crippen LogP contribution in [0.4, 0.5) is 4.79 Å². The first-order valence-electron chi connectivity index (χ1n) is 7.88. The summed E-state index contributed by atoms with van der Waals surface area (Å²) in [4.78, 5) is 27.9. The third-order valence-electron chi connectivity index (χ3n) is 3.75. The fourth-order valence-electron chi connectivity index (χ4n) is 2.67. The molecule has 130 valence electrons. The molecule has 0 aliphatic carbocycles. The minimum atomic E-state index is -0.564. The van der Waals surface area contributed by atoms with E-state index < -0.39 is 5.60 Å². The van der Waals surface area contributed by atoms with Crippen LogP contribution in [-0.4, -0.2) is 47.0 Å². The zero-order valence-corrected chi connectivity index (χ0v) is 15.0. The van der Waals surface area contributed by atoms with Crippen molar-refractivity contribution in [2.24, 2.45) is 0 Å². The SMILES string of the molecule is C=CC(=O)N1CCN(C(=O)OC(C)(C)C)CC1c1ccccc1Cl. The summed E-state index contributed by atoms with van der Waals surface area (Å²) < 4.78 is 5.44. The first kappa shape index (κ1) is 18.3. The van der Waals surface area contributed by atoms with Gasteiger partial charge in [-0.05, 0) is 38.5 Å². The van der Waals surface area contributed by atoms with Crippen LogP contribution in [0.1, 0.15) is 32.4 Å². The number of carbonyl (C=O) groups excluding carboxylic acids is 2. The van der Waals surface area contributed by atoms with Crippen LogP contribution in [0.5, 0.6) is 0 Å². The minimum absolute atomic E-state index is 0.177. The van der Waals surface area contributed by atoms with Crippen molar-refractivity contribution in [3.63, 3.8) is 0 Å². The fraction of sp³-hybridized carbons (Fsp3) is 0.444. The lowest BCUT2D eigenvalue weighted by atomic mass is 10.0. The van der Waals surface area contributed by atoms with Gasteiger partial charge in [-0.2, -0.15) is 0 Å². The van der Waals surface area contributed by atoms with Crippen molar-refractivity contribution in [1.82, 2.24) is 9.80 Å². The summed E-state index contributed by atoms with van der Waals surface area (Å²) in [5.74, 6) is -0.177. The molecule has 1 unspecified atom stereocenters. The molecule has 24 heavy (non-hydrogen) atoms. The molecule has 2 amide bonds. The average Bonchev–Trinajstić information content (AvgIpc) is 2.52. The van der Waals surface area contributed by atoms with Gasteiger partial charge in [0.1, 0.15) is 5.60 Å². The van der Waals surface area contributed by atoms with Gasteiger partial charge in [0.05, 0.1) is 6.04 Å². The van der Waals surface area contributed by atoms with E-state index in [9.17, 15) is 9.59 Å². The van der Waals surface area contributed by atoms with Crippen molar-refractivity contribution in [1.29, 1.82) is 0 Å². The molecule has 1 saturated heterocycles. The number of hydrogen-bond acceptors (Lipinski definition) is 3. The zero-order chi connectivity index (χ0) is 17.9. The van der Waals surface area contributed by atoms with Crippen molar-refractivity contribution in [3.05, 3.63) is 47.5 Å². The van der Waals surface area contributed by atoms with Crippen molar-refractivity contribution < 1.29 is 14.3 Å². The van der Waals surface area contributed by atoms with Gasteiger partial charge in [-0.3, -0.25) is 4.79 Å². The van der Waals surface area contributed by atoms with Gasteiger partial charge < -0.3 is 14.5 Å². The van der Waals surface area contributed by atoms with Gasteiger partial charge in [-0.15, -0.1) is 0 Å². The highest BCUT2D eigenvalue weighted by atomic mass is 35.5. The topological polar surface area (TPSA) is 49.9 Å². The maximum absolute atomic E-state index is 12.4. The minimum Gasteiger partial charge on any atom is -0.444 e. The van der Waals surface area contributed by atoms with E-state index in [-0.39, 0.29) is 18.0 Å². The molecule has 1 atom stereocenters. The highest BCUT2D eigenvalue weighted by molar-refractivity contribution is 6.31. The number of carbonyl (C=O) groups is 2. The summed E-state index contributed by atoms with van der Waals surface area (Å²) in [6.45, 7) is 10.2. The number of amides is 2. The molecular weight excluding hydrogens is 328 g/mol. The van der Waals surface area contributed by atoms with Crippen LogP contribution in [-0.2, 0) is 9.53 Å². The Hall–Kier alpha value is -2.01. The van der Waals surface area contributed by atoms with Crippen molar-refractivity contribution in [2.75, 3.05) is 19.6 Å². The number of ether oxygens (including phenoxy) is 1. The maximum Gasteiger partial charge on any atom is 0.410 e. The molecule has 6 heteroatoms. The number of rotatable bonds is 2. The van der Waals surface area contributed by atoms with Gasteiger partial charge in [0.15, 0.2) is 0 Å². The normalized spacial score (nSPS) is 18.2. The van der Waals surface area contributed by atoms with E-state index in [0.29, 0.717) is 24.7 Å². The second kappa shape index (κ2) is 7.26. The van der Waals surface area contributed by atoms with Crippen molar-refractivity contribution in [3.8, 4) is 0 Å². The Kier molecular flexibility index (Phi) is 5.54. The third kappa shape index (κ3) is 4.29. The van der Waals surface area contributed by atoms with Gasteiger partial charge in [0.25, 0.3) is 0 Å². The van der Waals surface area contributed by atoms with Gasteiger partial charge in [0, 0.05) is 24.7 Å². The van der Waals surface area contributed by atoms with E-state index in [1.54, 1.807) is 15.9 Å². The molecule has 1 aliphatic rings. The molecule has 0 spiro atoms. The maximum atomic E-state index is 12.4. The predicted octanol–water partition coefficient (Wildman–Crippen LogP) is 3.65. The van der Waals surface area contributed by atoms with Crippen LogP contribution in [0.15, 0.2) is 36.9 Å². The van der Waals surface area contributed by atoms with Crippen LogP contribution >= 0.6 is 11.6 Å². The summed E-state index contributed by atoms with van der Waals surface area (Å²) in [5.41, 5.74) is 0.244. The lowest BCUT2D eigenvalue weighted by Crippen LogP contribution is -2.53. The van der Waals surface area contributed by atoms with Crippen LogP contribution in [0.25, 0.3) is 0 Å². The van der Waals surface area contributed by atoms with E-state index in [1.807, 2.05) is 39.0 Å². The highest BCUT2D eigenvalue weighted by Gasteiger charge is 2.35. The number of piperazine rings is 1. The summed E-state index contributed by atoms with van der Waals surface area (Å²) in [7, 11) is 0. The summed E-state index contributed by atoms with van der Waals surface area (Å²) in [5, 5.41) is 0.565. The van der Waals surface area contributed by atoms with E-state index in [4.69, 9.17) is 16.3 Å². The Labute approximate surface area is 147 Å². The Bertz CT molecular complexity index is 639. The molecule has 0 saturated carbocycles. The lowest BCUT2D eigenvalue weighted by Gasteiger charge is -2.41. The Balaban J connectivity index is 2.27. The highest BCUT2D eigenvalue weighted by Crippen LogP contribution is 2.31. The van der Waals surface area contributed by atoms with Crippen LogP contribution < -0.4 is 0 Å². The number of hydrogen-bond donors (Lipinski definition) is 0. The molecule has 0 N–H and O–H groups in total. The van der Waals surface area contributed by atoms with Crippen LogP contribution in [0.2, 0.25) is 5.02 Å². The molecular formula is C18H23ClN2O3. The van der Waals surface area contributed by atoms with E-state index in [0.717, 1.165) is 5.56 Å². The van der Waals surface area contributed by atoms with Crippen molar-refractivity contribution >= 4 is 23.6 Å². The van der Waals surface area contributed by atoms with Gasteiger partial charge in [-0.25, -0.2) is 4.79 Å². The zero-order valence-electron chi connectivity index (χ0n) is 14.3. The molecule has 0 bridgehead atoms. The second-order valence-corrected chi connectivity index (χ2v) is 7.11. The molecule has 1 aromatic carbocycles. The van der Waals surface area contributed by atoms with Crippen molar-refractivity contribution in [2.45, 2.75) is 32.4 Å². The summed E-state index contributed by atoms with van der Waals surface area (Å²) in [6.07, 6.45) is 0.901. The first-order chi connectivity index (χ1) is 11.2. The van der Waals surface area contributed by atoms with Crippen LogP contribution in [0.3, 0.4) is 0 Å². The lowest BCUT2D eigenvalue weighted by molar-refractivity contribution is -0.131. The predicted molar refractivity (Wildman–Crippen MR) is 93.9 cm³/mol. The fourth-order valence-corrected chi connectivity index (χ4v) is 2.93. The Morgan fingerprint density at radius 1 is 1.29 bits per heavy atom. The molecule has 1 aromatic rings. The summed E-state index contributed by atoms with van der Waals surface area (Å²) in [6, 6.07) is 7.02. The van der Waals surface area contributed by atoms with Crippen LogP contribution in [0, 0.1) is 0 Å². The largest absolute Gasteiger partial charge is 0.444 e. The van der Waals surface area contributed by atoms with Gasteiger partial charge >= 0.3 is 6.09 Å². The number of benzene rings is 1. The average molecular weight is 351 g/mol. The quantitative estimate of drug-likeness (QED) is 0.765. The molecule has 1 heterocycles.